The van der Waals surface area contributed by atoms with Crippen LogP contribution in [0.3, 0.4) is 0 Å². The highest BCUT2D eigenvalue weighted by atomic mass is 32.1. The lowest BCUT2D eigenvalue weighted by molar-refractivity contribution is -0.121. The largest absolute Gasteiger partial charge is 0.484 e. The molecule has 0 spiro atoms. The fourth-order valence-electron chi connectivity index (χ4n) is 3.06. The zero-order chi connectivity index (χ0) is 21.6. The van der Waals surface area contributed by atoms with Crippen molar-refractivity contribution in [3.05, 3.63) is 88.9 Å². The fourth-order valence-corrected chi connectivity index (χ4v) is 4.29. The second-order valence-corrected chi connectivity index (χ2v) is 8.58. The molecule has 1 aromatic heterocycles. The lowest BCUT2D eigenvalue weighted by Gasteiger charge is -2.11. The molecule has 0 aliphatic carbocycles. The molecule has 0 aliphatic heterocycles. The average Bonchev–Trinajstić information content (AvgIpc) is 3.16. The van der Waals surface area contributed by atoms with E-state index < -0.39 is 0 Å². The van der Waals surface area contributed by atoms with Gasteiger partial charge >= 0.3 is 0 Å². The molecule has 0 unspecified atom stereocenters. The number of para-hydroxylation sites is 1. The van der Waals surface area contributed by atoms with Crippen molar-refractivity contribution in [2.45, 2.75) is 13.3 Å². The summed E-state index contributed by atoms with van der Waals surface area (Å²) in [6, 6.07) is 23.6. The zero-order valence-corrected chi connectivity index (χ0v) is 18.6. The molecule has 0 atom stereocenters. The van der Waals surface area contributed by atoms with E-state index in [1.165, 1.54) is 4.70 Å². The van der Waals surface area contributed by atoms with Gasteiger partial charge in [0.1, 0.15) is 5.75 Å². The molecule has 0 radical (unpaired) electrons. The smallest absolute Gasteiger partial charge is 0.264 e. The molecule has 0 aliphatic rings. The minimum absolute atomic E-state index is 0.105. The molecule has 156 valence electrons. The highest BCUT2D eigenvalue weighted by Gasteiger charge is 2.08. The number of amides is 1. The predicted molar refractivity (Wildman–Crippen MR) is 130 cm³/mol. The van der Waals surface area contributed by atoms with Crippen molar-refractivity contribution in [1.29, 1.82) is 0 Å². The van der Waals surface area contributed by atoms with E-state index in [2.05, 4.69) is 21.7 Å². The van der Waals surface area contributed by atoms with Gasteiger partial charge in [-0.2, -0.15) is 0 Å². The first-order valence-corrected chi connectivity index (χ1v) is 11.0. The molecule has 0 saturated carbocycles. The van der Waals surface area contributed by atoms with Crippen molar-refractivity contribution in [1.82, 2.24) is 10.3 Å². The predicted octanol–water partition coefficient (Wildman–Crippen LogP) is 5.09. The molecule has 3 aromatic carbocycles. The van der Waals surface area contributed by atoms with E-state index in [1.807, 2.05) is 73.7 Å². The summed E-state index contributed by atoms with van der Waals surface area (Å²) < 4.78 is 6.69. The Labute approximate surface area is 190 Å². The number of fused-ring (bicyclic) bond motifs is 1. The molecular formula is C24H21N3O2S2. The van der Waals surface area contributed by atoms with Crippen LogP contribution in [0.1, 0.15) is 16.1 Å². The highest BCUT2D eigenvalue weighted by Crippen LogP contribution is 2.24. The molecular weight excluding hydrogens is 426 g/mol. The second-order valence-electron chi connectivity index (χ2n) is 7.06. The number of hydrogen-bond donors (Lipinski definition) is 2. The van der Waals surface area contributed by atoms with Crippen molar-refractivity contribution in [3.63, 3.8) is 0 Å². The van der Waals surface area contributed by atoms with E-state index >= 15 is 0 Å². The van der Waals surface area contributed by atoms with Crippen molar-refractivity contribution in [2.24, 2.45) is 0 Å². The first kappa shape index (κ1) is 21.0. The van der Waals surface area contributed by atoms with Crippen LogP contribution in [0.15, 0.2) is 72.8 Å². The number of hydrogen-bond acceptors (Lipinski definition) is 5. The second kappa shape index (κ2) is 9.68. The van der Waals surface area contributed by atoms with Crippen LogP contribution in [0.2, 0.25) is 0 Å². The number of carbonyl (C=O) groups is 1. The molecule has 0 bridgehead atoms. The molecule has 4 rings (SSSR count). The average molecular weight is 448 g/mol. The van der Waals surface area contributed by atoms with Crippen LogP contribution >= 0.6 is 23.6 Å². The Morgan fingerprint density at radius 2 is 1.87 bits per heavy atom. The number of benzene rings is 3. The van der Waals surface area contributed by atoms with Crippen molar-refractivity contribution in [2.75, 3.05) is 11.9 Å². The van der Waals surface area contributed by atoms with Crippen molar-refractivity contribution >= 4 is 50.5 Å². The number of aromatic nitrogens is 1. The van der Waals surface area contributed by atoms with E-state index in [1.54, 1.807) is 11.3 Å². The number of ether oxygens (including phenoxy) is 1. The minimum atomic E-state index is -0.313. The maximum absolute atomic E-state index is 12.1. The number of carbonyl (C=O) groups excluding carboxylic acids is 1. The van der Waals surface area contributed by atoms with Gasteiger partial charge < -0.3 is 10.1 Å². The summed E-state index contributed by atoms with van der Waals surface area (Å²) in [6.07, 6.45) is 0.775. The maximum Gasteiger partial charge on any atom is 0.264 e. The van der Waals surface area contributed by atoms with Crippen LogP contribution in [0.4, 0.5) is 5.69 Å². The highest BCUT2D eigenvalue weighted by molar-refractivity contribution is 7.80. The quantitative estimate of drug-likeness (QED) is 0.403. The monoisotopic (exact) mass is 447 g/mol. The Kier molecular flexibility index (Phi) is 6.54. The number of thiocarbonyl (C=S) groups is 1. The minimum Gasteiger partial charge on any atom is -0.484 e. The molecule has 1 amide bonds. The Balaban J connectivity index is 1.27. The van der Waals surface area contributed by atoms with Crippen LogP contribution in [0.5, 0.6) is 5.75 Å². The zero-order valence-electron chi connectivity index (χ0n) is 16.9. The van der Waals surface area contributed by atoms with E-state index in [4.69, 9.17) is 17.0 Å². The first-order valence-electron chi connectivity index (χ1n) is 9.79. The van der Waals surface area contributed by atoms with Gasteiger partial charge in [0.05, 0.1) is 15.2 Å². The van der Waals surface area contributed by atoms with Gasteiger partial charge in [-0.15, -0.1) is 11.3 Å². The molecule has 7 heteroatoms. The summed E-state index contributed by atoms with van der Waals surface area (Å²) in [6.45, 7) is 1.86. The van der Waals surface area contributed by atoms with Gasteiger partial charge in [-0.25, -0.2) is 4.98 Å². The van der Waals surface area contributed by atoms with Crippen LogP contribution in [-0.2, 0) is 11.2 Å². The topological polar surface area (TPSA) is 63.2 Å². The number of thiazole rings is 1. The summed E-state index contributed by atoms with van der Waals surface area (Å²) in [5.74, 6) is 0.337. The van der Waals surface area contributed by atoms with Gasteiger partial charge in [-0.3, -0.25) is 10.1 Å². The third-order valence-electron chi connectivity index (χ3n) is 4.52. The molecule has 1 heterocycles. The molecule has 0 saturated heterocycles. The van der Waals surface area contributed by atoms with Crippen LogP contribution in [0, 0.1) is 6.92 Å². The number of aryl methyl sites for hydroxylation is 1. The van der Waals surface area contributed by atoms with Gasteiger partial charge in [0.25, 0.3) is 5.91 Å². The van der Waals surface area contributed by atoms with Gasteiger partial charge in [-0.05, 0) is 66.7 Å². The summed E-state index contributed by atoms with van der Waals surface area (Å²) in [7, 11) is 0. The Hall–Kier alpha value is -3.29. The Bertz CT molecular complexity index is 1190. The summed E-state index contributed by atoms with van der Waals surface area (Å²) >= 11 is 6.94. The lowest BCUT2D eigenvalue weighted by atomic mass is 10.1. The third kappa shape index (κ3) is 5.87. The SMILES string of the molecule is Cc1cccc(OCC(=O)NC(=S)Nc2ccc(Cc3nc4ccccc4s3)cc2)c1. The van der Waals surface area contributed by atoms with Crippen LogP contribution < -0.4 is 15.4 Å². The fraction of sp³-hybridized carbons (Fsp3) is 0.125. The van der Waals surface area contributed by atoms with Gasteiger partial charge in [0, 0.05) is 12.1 Å². The Morgan fingerprint density at radius 3 is 2.65 bits per heavy atom. The summed E-state index contributed by atoms with van der Waals surface area (Å²) in [5, 5.41) is 6.97. The van der Waals surface area contributed by atoms with E-state index in [0.717, 1.165) is 33.8 Å². The van der Waals surface area contributed by atoms with E-state index in [-0.39, 0.29) is 17.6 Å². The molecule has 2 N–H and O–H groups in total. The number of nitrogens with one attached hydrogen (secondary N) is 2. The summed E-state index contributed by atoms with van der Waals surface area (Å²) in [4.78, 5) is 16.7. The Morgan fingerprint density at radius 1 is 1.06 bits per heavy atom. The van der Waals surface area contributed by atoms with E-state index in [9.17, 15) is 4.79 Å². The number of rotatable bonds is 6. The normalized spacial score (nSPS) is 10.6. The molecule has 4 aromatic rings. The standard InChI is InChI=1S/C24H21N3O2S2/c1-16-5-4-6-19(13-16)29-15-22(28)27-24(30)25-18-11-9-17(10-12-18)14-23-26-20-7-2-3-8-21(20)31-23/h2-13H,14-15H2,1H3,(H2,25,27,28,30). The first-order chi connectivity index (χ1) is 15.0. The van der Waals surface area contributed by atoms with E-state index in [0.29, 0.717) is 5.75 Å². The van der Waals surface area contributed by atoms with Crippen LogP contribution in [-0.4, -0.2) is 22.6 Å². The van der Waals surface area contributed by atoms with Crippen molar-refractivity contribution < 1.29 is 9.53 Å². The van der Waals surface area contributed by atoms with Crippen molar-refractivity contribution in [3.8, 4) is 5.75 Å². The third-order valence-corrected chi connectivity index (χ3v) is 5.76. The lowest BCUT2D eigenvalue weighted by Crippen LogP contribution is -2.37. The number of nitrogens with zero attached hydrogens (tertiary/aromatic N) is 1. The molecule has 0 fully saturated rings. The van der Waals surface area contributed by atoms with Gasteiger partial charge in [0.15, 0.2) is 11.7 Å². The summed E-state index contributed by atoms with van der Waals surface area (Å²) in [5.41, 5.74) is 4.07. The number of anilines is 1. The van der Waals surface area contributed by atoms with Crippen LogP contribution in [0.25, 0.3) is 10.2 Å². The molecule has 31 heavy (non-hydrogen) atoms. The van der Waals surface area contributed by atoms with Gasteiger partial charge in [-0.1, -0.05) is 36.4 Å². The molecule has 5 nitrogen and oxygen atoms in total. The maximum atomic E-state index is 12.1. The van der Waals surface area contributed by atoms with Gasteiger partial charge in [0.2, 0.25) is 0 Å².